The summed E-state index contributed by atoms with van der Waals surface area (Å²) >= 11 is 5.80. The normalized spacial score (nSPS) is 11.3. The van der Waals surface area contributed by atoms with Crippen molar-refractivity contribution in [2.45, 2.75) is 17.7 Å². The van der Waals surface area contributed by atoms with Crippen molar-refractivity contribution in [1.29, 1.82) is 0 Å². The fourth-order valence-corrected chi connectivity index (χ4v) is 3.24. The third-order valence-electron chi connectivity index (χ3n) is 3.19. The first-order chi connectivity index (χ1) is 10.9. The van der Waals surface area contributed by atoms with Crippen LogP contribution in [0.5, 0.6) is 0 Å². The van der Waals surface area contributed by atoms with E-state index in [0.29, 0.717) is 17.9 Å². The molecule has 23 heavy (non-hydrogen) atoms. The van der Waals surface area contributed by atoms with Gasteiger partial charge in [0, 0.05) is 23.7 Å². The van der Waals surface area contributed by atoms with Crippen molar-refractivity contribution in [3.8, 4) is 0 Å². The van der Waals surface area contributed by atoms with E-state index in [9.17, 15) is 18.5 Å². The van der Waals surface area contributed by atoms with Gasteiger partial charge >= 0.3 is 0 Å². The maximum atomic E-state index is 12.1. The van der Waals surface area contributed by atoms with E-state index in [4.69, 9.17) is 11.6 Å². The summed E-state index contributed by atoms with van der Waals surface area (Å²) in [6, 6.07) is 12.3. The monoisotopic (exact) mass is 354 g/mol. The number of rotatable bonds is 7. The molecule has 1 N–H and O–H groups in total. The summed E-state index contributed by atoms with van der Waals surface area (Å²) in [6.07, 6.45) is 1.31. The number of aryl methyl sites for hydroxylation is 1. The van der Waals surface area contributed by atoms with Crippen LogP contribution in [0.1, 0.15) is 12.0 Å². The Hall–Kier alpha value is -1.96. The summed E-state index contributed by atoms with van der Waals surface area (Å²) in [6.45, 7) is 0.244. The van der Waals surface area contributed by atoms with Crippen molar-refractivity contribution in [2.24, 2.45) is 0 Å². The van der Waals surface area contributed by atoms with Crippen LogP contribution in [0.4, 0.5) is 5.69 Å². The molecule has 0 saturated heterocycles. The third kappa shape index (κ3) is 5.02. The second-order valence-electron chi connectivity index (χ2n) is 4.88. The number of hydrogen-bond acceptors (Lipinski definition) is 4. The second kappa shape index (κ2) is 7.54. The van der Waals surface area contributed by atoms with E-state index in [-0.39, 0.29) is 17.1 Å². The number of benzene rings is 2. The highest BCUT2D eigenvalue weighted by Crippen LogP contribution is 2.17. The largest absolute Gasteiger partial charge is 0.270 e. The number of nitro groups is 1. The molecule has 0 aliphatic heterocycles. The van der Waals surface area contributed by atoms with Gasteiger partial charge in [-0.25, -0.2) is 13.1 Å². The minimum Gasteiger partial charge on any atom is -0.258 e. The van der Waals surface area contributed by atoms with Gasteiger partial charge in [-0.1, -0.05) is 29.8 Å². The molecule has 0 heterocycles. The number of nitrogens with one attached hydrogen (secondary N) is 1. The lowest BCUT2D eigenvalue weighted by Gasteiger charge is -2.07. The molecule has 0 aromatic heterocycles. The van der Waals surface area contributed by atoms with Gasteiger partial charge in [0.2, 0.25) is 10.0 Å². The highest BCUT2D eigenvalue weighted by atomic mass is 35.5. The maximum Gasteiger partial charge on any atom is 0.270 e. The van der Waals surface area contributed by atoms with Crippen molar-refractivity contribution in [2.75, 3.05) is 6.54 Å². The van der Waals surface area contributed by atoms with Crippen molar-refractivity contribution in [3.05, 3.63) is 69.2 Å². The molecule has 0 atom stereocenters. The highest BCUT2D eigenvalue weighted by Gasteiger charge is 2.16. The molecule has 122 valence electrons. The van der Waals surface area contributed by atoms with E-state index in [1.807, 2.05) is 12.1 Å². The molecular formula is C15H15ClN2O4S. The average molecular weight is 355 g/mol. The molecule has 0 unspecified atom stereocenters. The van der Waals surface area contributed by atoms with E-state index >= 15 is 0 Å². The van der Waals surface area contributed by atoms with Crippen LogP contribution in [0, 0.1) is 10.1 Å². The smallest absolute Gasteiger partial charge is 0.258 e. The Kier molecular flexibility index (Phi) is 5.70. The predicted molar refractivity (Wildman–Crippen MR) is 88.1 cm³/mol. The number of nitro benzene ring substituents is 1. The Morgan fingerprint density at radius 1 is 1.13 bits per heavy atom. The van der Waals surface area contributed by atoms with Gasteiger partial charge in [0.25, 0.3) is 5.69 Å². The maximum absolute atomic E-state index is 12.1. The molecule has 0 saturated carbocycles. The lowest BCUT2D eigenvalue weighted by molar-refractivity contribution is -0.385. The Morgan fingerprint density at radius 3 is 2.48 bits per heavy atom. The molecule has 0 fully saturated rings. The quantitative estimate of drug-likeness (QED) is 0.470. The number of nitrogens with zero attached hydrogens (tertiary/aromatic N) is 1. The van der Waals surface area contributed by atoms with Gasteiger partial charge in [0.15, 0.2) is 0 Å². The van der Waals surface area contributed by atoms with Crippen molar-refractivity contribution >= 4 is 27.3 Å². The van der Waals surface area contributed by atoms with E-state index < -0.39 is 14.9 Å². The zero-order chi connectivity index (χ0) is 16.9. The minimum atomic E-state index is -3.75. The van der Waals surface area contributed by atoms with Crippen LogP contribution in [-0.4, -0.2) is 19.9 Å². The van der Waals surface area contributed by atoms with Crippen LogP contribution in [0.2, 0.25) is 5.02 Å². The average Bonchev–Trinajstić information content (AvgIpc) is 2.53. The topological polar surface area (TPSA) is 89.3 Å². The molecule has 2 rings (SSSR count). The summed E-state index contributed by atoms with van der Waals surface area (Å²) in [5, 5.41) is 11.4. The lowest BCUT2D eigenvalue weighted by Crippen LogP contribution is -2.25. The molecule has 6 nitrogen and oxygen atoms in total. The van der Waals surface area contributed by atoms with Crippen molar-refractivity contribution in [3.63, 3.8) is 0 Å². The first kappa shape index (κ1) is 17.4. The lowest BCUT2D eigenvalue weighted by atomic mass is 10.1. The van der Waals surface area contributed by atoms with Crippen LogP contribution >= 0.6 is 11.6 Å². The van der Waals surface area contributed by atoms with E-state index in [1.165, 1.54) is 18.2 Å². The summed E-state index contributed by atoms with van der Waals surface area (Å²) in [7, 11) is -3.75. The fourth-order valence-electron chi connectivity index (χ4n) is 2.00. The number of sulfonamides is 1. The fraction of sp³-hybridized carbons (Fsp3) is 0.200. The van der Waals surface area contributed by atoms with Crippen LogP contribution in [-0.2, 0) is 16.4 Å². The number of halogens is 1. The molecule has 0 aliphatic rings. The van der Waals surface area contributed by atoms with Gasteiger partial charge in [-0.15, -0.1) is 0 Å². The van der Waals surface area contributed by atoms with E-state index in [2.05, 4.69) is 4.72 Å². The Labute approximate surface area is 139 Å². The Bertz CT molecular complexity index is 791. The molecule has 0 bridgehead atoms. The van der Waals surface area contributed by atoms with E-state index in [0.717, 1.165) is 11.6 Å². The first-order valence-electron chi connectivity index (χ1n) is 6.87. The first-order valence-corrected chi connectivity index (χ1v) is 8.73. The molecule has 0 radical (unpaired) electrons. The molecule has 2 aromatic rings. The standard InChI is InChI=1S/C15H15ClN2O4S/c16-13-8-6-12(7-9-13)3-2-10-17-23(21,22)15-5-1-4-14(11-15)18(19)20/h1,4-9,11,17H,2-3,10H2. The third-order valence-corrected chi connectivity index (χ3v) is 4.90. The Morgan fingerprint density at radius 2 is 1.83 bits per heavy atom. The molecule has 2 aromatic carbocycles. The molecule has 0 aliphatic carbocycles. The number of non-ortho nitro benzene ring substituents is 1. The van der Waals surface area contributed by atoms with Gasteiger partial charge in [0.05, 0.1) is 9.82 Å². The van der Waals surface area contributed by atoms with Crippen LogP contribution in [0.3, 0.4) is 0 Å². The van der Waals surface area contributed by atoms with Gasteiger partial charge in [0.1, 0.15) is 0 Å². The summed E-state index contributed by atoms with van der Waals surface area (Å²) in [5.41, 5.74) is 0.804. The van der Waals surface area contributed by atoms with Crippen LogP contribution < -0.4 is 4.72 Å². The number of hydrogen-bond donors (Lipinski definition) is 1. The van der Waals surface area contributed by atoms with Gasteiger partial charge in [-0.3, -0.25) is 10.1 Å². The summed E-state index contributed by atoms with van der Waals surface area (Å²) < 4.78 is 26.7. The predicted octanol–water partition coefficient (Wildman–Crippen LogP) is 3.16. The Balaban J connectivity index is 1.92. The summed E-state index contributed by atoms with van der Waals surface area (Å²) in [5.74, 6) is 0. The summed E-state index contributed by atoms with van der Waals surface area (Å²) in [4.78, 5) is 9.96. The van der Waals surface area contributed by atoms with E-state index in [1.54, 1.807) is 12.1 Å². The van der Waals surface area contributed by atoms with Crippen LogP contribution in [0.15, 0.2) is 53.4 Å². The molecule has 0 spiro atoms. The van der Waals surface area contributed by atoms with Crippen molar-refractivity contribution in [1.82, 2.24) is 4.72 Å². The zero-order valence-electron chi connectivity index (χ0n) is 12.1. The SMILES string of the molecule is O=[N+]([O-])c1cccc(S(=O)(=O)NCCCc2ccc(Cl)cc2)c1. The van der Waals surface area contributed by atoms with Gasteiger partial charge < -0.3 is 0 Å². The van der Waals surface area contributed by atoms with Gasteiger partial charge in [-0.05, 0) is 36.6 Å². The van der Waals surface area contributed by atoms with Crippen LogP contribution in [0.25, 0.3) is 0 Å². The minimum absolute atomic E-state index is 0.113. The van der Waals surface area contributed by atoms with Crippen molar-refractivity contribution < 1.29 is 13.3 Å². The molecule has 8 heteroatoms. The molecule has 0 amide bonds. The van der Waals surface area contributed by atoms with Gasteiger partial charge in [-0.2, -0.15) is 0 Å². The second-order valence-corrected chi connectivity index (χ2v) is 7.09. The highest BCUT2D eigenvalue weighted by molar-refractivity contribution is 7.89. The molecular weight excluding hydrogens is 340 g/mol. The zero-order valence-corrected chi connectivity index (χ0v) is 13.7.